The van der Waals surface area contributed by atoms with Crippen LogP contribution in [0.3, 0.4) is 0 Å². The molecule has 0 spiro atoms. The quantitative estimate of drug-likeness (QED) is 0.659. The summed E-state index contributed by atoms with van der Waals surface area (Å²) in [6, 6.07) is 9.09. The summed E-state index contributed by atoms with van der Waals surface area (Å²) < 4.78 is 0. The van der Waals surface area contributed by atoms with Crippen molar-refractivity contribution in [3.63, 3.8) is 0 Å². The number of nitrogens with one attached hydrogen (secondary N) is 2. The Morgan fingerprint density at radius 3 is 3.00 bits per heavy atom. The normalized spacial score (nSPS) is 10.6. The van der Waals surface area contributed by atoms with Crippen LogP contribution in [-0.2, 0) is 4.79 Å². The van der Waals surface area contributed by atoms with Crippen LogP contribution in [0.1, 0.15) is 11.1 Å². The lowest BCUT2D eigenvalue weighted by molar-refractivity contribution is -0.119. The minimum absolute atomic E-state index is 0.132. The maximum atomic E-state index is 11.7. The number of nitrogens with zero attached hydrogens (tertiary/aromatic N) is 2. The topological polar surface area (TPSA) is 66.4 Å². The Balaban J connectivity index is 1.81. The second-order valence-electron chi connectivity index (χ2n) is 4.39. The predicted octanol–water partition coefficient (Wildman–Crippen LogP) is 2.61. The Morgan fingerprint density at radius 2 is 2.29 bits per heavy atom. The van der Waals surface area contributed by atoms with Gasteiger partial charge in [-0.05, 0) is 36.8 Å². The molecule has 0 radical (unpaired) electrons. The second kappa shape index (κ2) is 7.40. The minimum atomic E-state index is -0.232. The molecule has 0 atom stereocenters. The van der Waals surface area contributed by atoms with E-state index in [1.165, 1.54) is 0 Å². The molecule has 0 saturated carbocycles. The Kier molecular flexibility index (Phi) is 5.29. The number of carbonyl (C=O) groups excluding carboxylic acids is 1. The number of carbonyl (C=O) groups is 1. The molecule has 6 heteroatoms. The van der Waals surface area contributed by atoms with Crippen molar-refractivity contribution < 1.29 is 4.79 Å². The van der Waals surface area contributed by atoms with Gasteiger partial charge in [0.25, 0.3) is 5.91 Å². The summed E-state index contributed by atoms with van der Waals surface area (Å²) >= 11 is 5.88. The highest BCUT2D eigenvalue weighted by Gasteiger charge is 2.02. The zero-order chi connectivity index (χ0) is 15.1. The van der Waals surface area contributed by atoms with Gasteiger partial charge in [-0.2, -0.15) is 5.10 Å². The summed E-state index contributed by atoms with van der Waals surface area (Å²) in [5.41, 5.74) is 5.11. The lowest BCUT2D eigenvalue weighted by atomic mass is 10.2. The minimum Gasteiger partial charge on any atom is -0.376 e. The lowest BCUT2D eigenvalue weighted by Crippen LogP contribution is -2.26. The third-order valence-corrected chi connectivity index (χ3v) is 2.95. The molecule has 1 amide bonds. The van der Waals surface area contributed by atoms with E-state index in [1.54, 1.807) is 30.7 Å². The lowest BCUT2D eigenvalue weighted by Gasteiger charge is -2.08. The molecule has 1 aromatic heterocycles. The average molecular weight is 303 g/mol. The van der Waals surface area contributed by atoms with Crippen molar-refractivity contribution in [3.05, 3.63) is 58.9 Å². The van der Waals surface area contributed by atoms with E-state index in [-0.39, 0.29) is 12.5 Å². The molecule has 0 saturated heterocycles. The molecule has 108 valence electrons. The van der Waals surface area contributed by atoms with Crippen molar-refractivity contribution in [3.8, 4) is 0 Å². The number of aryl methyl sites for hydroxylation is 1. The molecule has 0 unspecified atom stereocenters. The number of amides is 1. The number of hydrazone groups is 1. The number of aromatic nitrogens is 1. The van der Waals surface area contributed by atoms with Crippen molar-refractivity contribution >= 4 is 29.4 Å². The Labute approximate surface area is 128 Å². The molecule has 1 aromatic carbocycles. The van der Waals surface area contributed by atoms with E-state index >= 15 is 0 Å². The first-order valence-corrected chi connectivity index (χ1v) is 6.75. The molecule has 0 fully saturated rings. The van der Waals surface area contributed by atoms with Crippen LogP contribution >= 0.6 is 11.6 Å². The summed E-state index contributed by atoms with van der Waals surface area (Å²) in [6.45, 7) is 2.06. The highest BCUT2D eigenvalue weighted by atomic mass is 35.5. The summed E-state index contributed by atoms with van der Waals surface area (Å²) in [7, 11) is 0. The first-order chi connectivity index (χ1) is 10.1. The fourth-order valence-corrected chi connectivity index (χ4v) is 1.90. The van der Waals surface area contributed by atoms with Gasteiger partial charge in [-0.25, -0.2) is 5.43 Å². The number of benzene rings is 1. The zero-order valence-electron chi connectivity index (χ0n) is 11.5. The fourth-order valence-electron chi connectivity index (χ4n) is 1.67. The Morgan fingerprint density at radius 1 is 1.43 bits per heavy atom. The van der Waals surface area contributed by atoms with E-state index in [1.807, 2.05) is 25.1 Å². The first-order valence-electron chi connectivity index (χ1n) is 6.37. The van der Waals surface area contributed by atoms with Crippen molar-refractivity contribution in [2.75, 3.05) is 11.9 Å². The highest BCUT2D eigenvalue weighted by molar-refractivity contribution is 6.30. The van der Waals surface area contributed by atoms with Gasteiger partial charge in [0.05, 0.1) is 12.8 Å². The van der Waals surface area contributed by atoms with Crippen LogP contribution in [0.15, 0.2) is 47.8 Å². The maximum absolute atomic E-state index is 11.7. The van der Waals surface area contributed by atoms with Crippen LogP contribution in [0.4, 0.5) is 5.69 Å². The van der Waals surface area contributed by atoms with Gasteiger partial charge in [-0.3, -0.25) is 9.78 Å². The molecule has 5 nitrogen and oxygen atoms in total. The van der Waals surface area contributed by atoms with Crippen LogP contribution in [0, 0.1) is 6.92 Å². The van der Waals surface area contributed by atoms with Crippen molar-refractivity contribution in [2.45, 2.75) is 6.92 Å². The first kappa shape index (κ1) is 15.0. The van der Waals surface area contributed by atoms with Crippen LogP contribution in [0.25, 0.3) is 0 Å². The molecule has 2 rings (SSSR count). The molecule has 2 N–H and O–H groups in total. The van der Waals surface area contributed by atoms with Gasteiger partial charge >= 0.3 is 0 Å². The predicted molar refractivity (Wildman–Crippen MR) is 84.7 cm³/mol. The smallest absolute Gasteiger partial charge is 0.259 e. The van der Waals surface area contributed by atoms with E-state index in [2.05, 4.69) is 20.8 Å². The van der Waals surface area contributed by atoms with Crippen LogP contribution in [0.2, 0.25) is 5.02 Å². The number of rotatable bonds is 5. The standard InChI is InChI=1S/C15H15ClN4O/c1-11-7-13(16)4-5-14(11)18-10-15(21)20-19-9-12-3-2-6-17-8-12/h2-9,18H,10H2,1H3,(H,20,21). The largest absolute Gasteiger partial charge is 0.376 e. The number of anilines is 1. The zero-order valence-corrected chi connectivity index (χ0v) is 12.3. The van der Waals surface area contributed by atoms with Gasteiger partial charge in [-0.1, -0.05) is 17.7 Å². The highest BCUT2D eigenvalue weighted by Crippen LogP contribution is 2.19. The second-order valence-corrected chi connectivity index (χ2v) is 4.83. The van der Waals surface area contributed by atoms with E-state index in [0.717, 1.165) is 16.8 Å². The summed E-state index contributed by atoms with van der Waals surface area (Å²) in [5, 5.41) is 7.57. The Hall–Kier alpha value is -2.40. The average Bonchev–Trinajstić information content (AvgIpc) is 2.47. The number of hydrogen-bond acceptors (Lipinski definition) is 4. The molecule has 2 aromatic rings. The van der Waals surface area contributed by atoms with E-state index in [4.69, 9.17) is 11.6 Å². The molecular weight excluding hydrogens is 288 g/mol. The molecule has 0 aliphatic carbocycles. The summed E-state index contributed by atoms with van der Waals surface area (Å²) in [6.07, 6.45) is 4.87. The van der Waals surface area contributed by atoms with Crippen molar-refractivity contribution in [1.29, 1.82) is 0 Å². The van der Waals surface area contributed by atoms with Gasteiger partial charge in [-0.15, -0.1) is 0 Å². The molecule has 0 aliphatic rings. The third-order valence-electron chi connectivity index (χ3n) is 2.72. The maximum Gasteiger partial charge on any atom is 0.259 e. The van der Waals surface area contributed by atoms with Crippen LogP contribution in [0.5, 0.6) is 0 Å². The van der Waals surface area contributed by atoms with Crippen LogP contribution in [-0.4, -0.2) is 23.7 Å². The van der Waals surface area contributed by atoms with E-state index < -0.39 is 0 Å². The van der Waals surface area contributed by atoms with Gasteiger partial charge in [0.1, 0.15) is 0 Å². The number of hydrogen-bond donors (Lipinski definition) is 2. The monoisotopic (exact) mass is 302 g/mol. The van der Waals surface area contributed by atoms with Crippen molar-refractivity contribution in [2.24, 2.45) is 5.10 Å². The molecule has 0 aliphatic heterocycles. The van der Waals surface area contributed by atoms with Crippen LogP contribution < -0.4 is 10.7 Å². The summed E-state index contributed by atoms with van der Waals surface area (Å²) in [4.78, 5) is 15.6. The number of pyridine rings is 1. The molecule has 1 heterocycles. The number of halogens is 1. The Bertz CT molecular complexity index is 643. The molecule has 21 heavy (non-hydrogen) atoms. The third kappa shape index (κ3) is 4.89. The molecular formula is C15H15ClN4O. The SMILES string of the molecule is Cc1cc(Cl)ccc1NCC(=O)NN=Cc1cccnc1. The van der Waals surface area contributed by atoms with Crippen molar-refractivity contribution in [1.82, 2.24) is 10.4 Å². The van der Waals surface area contributed by atoms with E-state index in [9.17, 15) is 4.79 Å². The van der Waals surface area contributed by atoms with Gasteiger partial charge < -0.3 is 5.32 Å². The van der Waals surface area contributed by atoms with E-state index in [0.29, 0.717) is 5.02 Å². The summed E-state index contributed by atoms with van der Waals surface area (Å²) in [5.74, 6) is -0.232. The van der Waals surface area contributed by atoms with Gasteiger partial charge in [0, 0.05) is 28.7 Å². The fraction of sp³-hybridized carbons (Fsp3) is 0.133. The van der Waals surface area contributed by atoms with Gasteiger partial charge in [0.2, 0.25) is 0 Å². The molecule has 0 bridgehead atoms. The van der Waals surface area contributed by atoms with Gasteiger partial charge in [0.15, 0.2) is 0 Å².